The van der Waals surface area contributed by atoms with Gasteiger partial charge in [0.25, 0.3) is 0 Å². The van der Waals surface area contributed by atoms with Crippen LogP contribution in [0.2, 0.25) is 0 Å². The van der Waals surface area contributed by atoms with Crippen molar-refractivity contribution in [2.75, 3.05) is 0 Å². The van der Waals surface area contributed by atoms with E-state index in [0.717, 1.165) is 16.2 Å². The lowest BCUT2D eigenvalue weighted by Crippen LogP contribution is -2.24. The van der Waals surface area contributed by atoms with E-state index in [1.165, 1.54) is 0 Å². The third kappa shape index (κ3) is 2.55. The Labute approximate surface area is 138 Å². The van der Waals surface area contributed by atoms with Crippen LogP contribution in [0, 0.1) is 5.21 Å². The van der Waals surface area contributed by atoms with Crippen LogP contribution in [0.5, 0.6) is 0 Å². The van der Waals surface area contributed by atoms with E-state index in [2.05, 4.69) is 20.0 Å². The van der Waals surface area contributed by atoms with E-state index in [1.807, 2.05) is 36.4 Å². The number of hydrogen-bond donors (Lipinski definition) is 0. The molecule has 24 heavy (non-hydrogen) atoms. The van der Waals surface area contributed by atoms with Crippen molar-refractivity contribution in [1.82, 2.24) is 15.0 Å². The highest BCUT2D eigenvalue weighted by Gasteiger charge is 2.26. The maximum atomic E-state index is 12.8. The normalized spacial score (nSPS) is 16.6. The zero-order valence-corrected chi connectivity index (χ0v) is 12.6. The molecule has 0 saturated heterocycles. The number of fused-ring (bicyclic) bond motifs is 1. The van der Waals surface area contributed by atoms with Gasteiger partial charge in [0.15, 0.2) is 11.6 Å². The van der Waals surface area contributed by atoms with Gasteiger partial charge in [-0.2, -0.15) is 0 Å². The molecule has 0 aliphatic carbocycles. The van der Waals surface area contributed by atoms with E-state index < -0.39 is 0 Å². The predicted molar refractivity (Wildman–Crippen MR) is 92.5 cm³/mol. The molecule has 1 aromatic carbocycles. The van der Waals surface area contributed by atoms with Crippen LogP contribution in [-0.2, 0) is 0 Å². The predicted octanol–water partition coefficient (Wildman–Crippen LogP) is 3.45. The molecule has 3 aromatic rings. The van der Waals surface area contributed by atoms with Crippen molar-refractivity contribution < 1.29 is 0 Å². The van der Waals surface area contributed by atoms with E-state index in [0.29, 0.717) is 11.6 Å². The Hall–Kier alpha value is -3.38. The zero-order chi connectivity index (χ0) is 16.4. The lowest BCUT2D eigenvalue weighted by Gasteiger charge is -2.25. The van der Waals surface area contributed by atoms with Gasteiger partial charge in [-0.3, -0.25) is 0 Å². The molecule has 1 aliphatic heterocycles. The van der Waals surface area contributed by atoms with Gasteiger partial charge in [-0.05, 0) is 24.3 Å². The number of pyridine rings is 2. The van der Waals surface area contributed by atoms with Gasteiger partial charge >= 0.3 is 0 Å². The van der Waals surface area contributed by atoms with Crippen molar-refractivity contribution in [3.63, 3.8) is 0 Å². The number of rotatable bonds is 2. The Morgan fingerprint density at radius 2 is 1.12 bits per heavy atom. The number of benzene rings is 1. The molecule has 0 amide bonds. The molecular weight excluding hydrogens is 302 g/mol. The number of aromatic nitrogens is 2. The third-order valence-electron chi connectivity index (χ3n) is 3.53. The summed E-state index contributed by atoms with van der Waals surface area (Å²) in [4.78, 5) is 17.1. The molecule has 0 saturated carbocycles. The van der Waals surface area contributed by atoms with Gasteiger partial charge in [-0.25, -0.2) is 20.0 Å². The van der Waals surface area contributed by atoms with Gasteiger partial charge < -0.3 is 10.3 Å². The minimum absolute atomic E-state index is 0.277. The Bertz CT molecular complexity index is 846. The van der Waals surface area contributed by atoms with E-state index in [9.17, 15) is 5.21 Å². The summed E-state index contributed by atoms with van der Waals surface area (Å²) in [6, 6.07) is 18.2. The van der Waals surface area contributed by atoms with Crippen LogP contribution in [0.15, 0.2) is 83.0 Å². The molecular formula is C18H12N5O-. The van der Waals surface area contributed by atoms with Crippen molar-refractivity contribution in [3.8, 4) is 0 Å². The highest BCUT2D eigenvalue weighted by molar-refractivity contribution is 6.26. The fourth-order valence-electron chi connectivity index (χ4n) is 2.46. The van der Waals surface area contributed by atoms with Gasteiger partial charge in [-0.15, -0.1) is 0 Å². The second-order valence-corrected chi connectivity index (χ2v) is 5.09. The zero-order valence-electron chi connectivity index (χ0n) is 12.6. The summed E-state index contributed by atoms with van der Waals surface area (Å²) in [7, 11) is 0. The number of nitrogens with zero attached hydrogens (tertiary/aromatic N) is 5. The summed E-state index contributed by atoms with van der Waals surface area (Å²) in [5.74, 6) is 1.50. The standard InChI is InChI=1S/C18H12N5O/c24-23-17(21-15-9-3-5-11-19-15)13-7-1-2-8-14(13)18(23)22-16-10-4-6-12-20-16/h1-12H/q-1. The summed E-state index contributed by atoms with van der Waals surface area (Å²) >= 11 is 0. The molecule has 0 bridgehead atoms. The van der Waals surface area contributed by atoms with E-state index in [1.54, 1.807) is 36.7 Å². The number of aliphatic imine (C=N–C) groups is 2. The second-order valence-electron chi connectivity index (χ2n) is 5.09. The first-order valence-electron chi connectivity index (χ1n) is 7.39. The van der Waals surface area contributed by atoms with Gasteiger partial charge in [-0.1, -0.05) is 36.4 Å². The third-order valence-corrected chi connectivity index (χ3v) is 3.53. The van der Waals surface area contributed by atoms with Crippen molar-refractivity contribution in [2.24, 2.45) is 9.98 Å². The van der Waals surface area contributed by atoms with E-state index >= 15 is 0 Å². The molecule has 0 N–H and O–H groups in total. The van der Waals surface area contributed by atoms with Crippen molar-refractivity contribution in [1.29, 1.82) is 0 Å². The minimum atomic E-state index is 0.277. The molecule has 116 valence electrons. The molecule has 4 rings (SSSR count). The Balaban J connectivity index is 1.85. The highest BCUT2D eigenvalue weighted by atomic mass is 16.5. The minimum Gasteiger partial charge on any atom is -0.752 e. The van der Waals surface area contributed by atoms with Gasteiger partial charge in [0, 0.05) is 23.5 Å². The summed E-state index contributed by atoms with van der Waals surface area (Å²) < 4.78 is 0. The molecule has 3 heterocycles. The van der Waals surface area contributed by atoms with Crippen molar-refractivity contribution in [3.05, 3.63) is 89.4 Å². The molecule has 0 atom stereocenters. The van der Waals surface area contributed by atoms with Crippen LogP contribution in [-0.4, -0.2) is 26.7 Å². The quantitative estimate of drug-likeness (QED) is 0.726. The van der Waals surface area contributed by atoms with Crippen LogP contribution in [0.3, 0.4) is 0 Å². The average molecular weight is 314 g/mol. The van der Waals surface area contributed by atoms with Gasteiger partial charge in [0.2, 0.25) is 0 Å². The second kappa shape index (κ2) is 6.02. The topological polar surface area (TPSA) is 76.8 Å². The first-order valence-corrected chi connectivity index (χ1v) is 7.39. The molecule has 6 heteroatoms. The first-order chi connectivity index (χ1) is 11.8. The van der Waals surface area contributed by atoms with Crippen LogP contribution in [0.4, 0.5) is 11.6 Å². The van der Waals surface area contributed by atoms with Crippen LogP contribution in [0.1, 0.15) is 11.1 Å². The first kappa shape index (κ1) is 14.2. The molecule has 6 nitrogen and oxygen atoms in total. The summed E-state index contributed by atoms with van der Waals surface area (Å²) in [5, 5.41) is 13.5. The SMILES string of the molecule is [O-]N1C(=Nc2ccccn2)c2ccccc2C1=Nc1ccccn1. The average Bonchev–Trinajstić information content (AvgIpc) is 2.90. The maximum absolute atomic E-state index is 12.8. The number of hydrogen-bond acceptors (Lipinski definition) is 5. The molecule has 0 radical (unpaired) electrons. The maximum Gasteiger partial charge on any atom is 0.154 e. The smallest absolute Gasteiger partial charge is 0.154 e. The Kier molecular flexibility index (Phi) is 3.57. The summed E-state index contributed by atoms with van der Waals surface area (Å²) in [6.45, 7) is 0. The van der Waals surface area contributed by atoms with E-state index in [4.69, 9.17) is 0 Å². The molecule has 1 aliphatic rings. The monoisotopic (exact) mass is 314 g/mol. The summed E-state index contributed by atoms with van der Waals surface area (Å²) in [6.07, 6.45) is 3.27. The van der Waals surface area contributed by atoms with Gasteiger partial charge in [0.1, 0.15) is 11.7 Å². The van der Waals surface area contributed by atoms with Gasteiger partial charge in [0.05, 0.1) is 0 Å². The van der Waals surface area contributed by atoms with Crippen molar-refractivity contribution >= 4 is 23.3 Å². The lowest BCUT2D eigenvalue weighted by molar-refractivity contribution is 0.854. The number of amidine groups is 2. The van der Waals surface area contributed by atoms with Crippen LogP contribution < -0.4 is 0 Å². The van der Waals surface area contributed by atoms with E-state index in [-0.39, 0.29) is 11.7 Å². The molecule has 0 fully saturated rings. The molecule has 0 unspecified atom stereocenters. The van der Waals surface area contributed by atoms with Crippen molar-refractivity contribution in [2.45, 2.75) is 0 Å². The van der Waals surface area contributed by atoms with Crippen LogP contribution >= 0.6 is 0 Å². The molecule has 0 spiro atoms. The highest BCUT2D eigenvalue weighted by Crippen LogP contribution is 2.26. The Morgan fingerprint density at radius 3 is 1.54 bits per heavy atom. The fraction of sp³-hybridized carbons (Fsp3) is 0. The largest absolute Gasteiger partial charge is 0.752 e. The molecule has 2 aromatic heterocycles. The number of hydroxylamine groups is 2. The van der Waals surface area contributed by atoms with Crippen LogP contribution in [0.25, 0.3) is 0 Å². The Morgan fingerprint density at radius 1 is 0.667 bits per heavy atom. The summed E-state index contributed by atoms with van der Waals surface area (Å²) in [5.41, 5.74) is 1.46. The fourth-order valence-corrected chi connectivity index (χ4v) is 2.46. The lowest BCUT2D eigenvalue weighted by atomic mass is 10.1.